The van der Waals surface area contributed by atoms with E-state index < -0.39 is 0 Å². The quantitative estimate of drug-likeness (QED) is 0.893. The van der Waals surface area contributed by atoms with E-state index in [1.807, 2.05) is 12.1 Å². The number of anilines is 1. The Morgan fingerprint density at radius 2 is 2.05 bits per heavy atom. The highest BCUT2D eigenvalue weighted by molar-refractivity contribution is 5.84. The van der Waals surface area contributed by atoms with Crippen LogP contribution in [-0.4, -0.2) is 18.1 Å². The fourth-order valence-electron chi connectivity index (χ4n) is 2.42. The van der Waals surface area contributed by atoms with Crippen molar-refractivity contribution in [2.75, 3.05) is 11.9 Å². The summed E-state index contributed by atoms with van der Waals surface area (Å²) in [7, 11) is 2.11. The zero-order chi connectivity index (χ0) is 13.8. The smallest absolute Gasteiger partial charge is 0.129 e. The van der Waals surface area contributed by atoms with Crippen LogP contribution in [0.1, 0.15) is 32.3 Å². The van der Waals surface area contributed by atoms with Gasteiger partial charge in [0.1, 0.15) is 5.82 Å². The van der Waals surface area contributed by atoms with E-state index in [9.17, 15) is 0 Å². The van der Waals surface area contributed by atoms with E-state index in [1.165, 1.54) is 12.8 Å². The van der Waals surface area contributed by atoms with Gasteiger partial charge >= 0.3 is 0 Å². The topological polar surface area (TPSA) is 42.1 Å². The minimum atomic E-state index is 0.490. The molecule has 1 aromatic heterocycles. The highest BCUT2D eigenvalue weighted by Crippen LogP contribution is 2.23. The molecule has 1 atom stereocenters. The Morgan fingerprint density at radius 3 is 2.74 bits per heavy atom. The molecule has 3 nitrogen and oxygen atoms in total. The number of nitrogens with two attached hydrogens (primary N) is 1. The SMILES string of the molecule is CCCC(C)N(C)c1cc(CN)c2ccccc2n1. The first kappa shape index (κ1) is 13.8. The van der Waals surface area contributed by atoms with E-state index >= 15 is 0 Å². The first-order valence-corrected chi connectivity index (χ1v) is 6.99. The van der Waals surface area contributed by atoms with Crippen LogP contribution in [0.4, 0.5) is 5.82 Å². The average Bonchev–Trinajstić information content (AvgIpc) is 2.45. The van der Waals surface area contributed by atoms with Crippen LogP contribution in [0.3, 0.4) is 0 Å². The molecule has 0 fully saturated rings. The molecule has 2 aromatic rings. The lowest BCUT2D eigenvalue weighted by Crippen LogP contribution is -2.29. The molecule has 0 bridgehead atoms. The summed E-state index contributed by atoms with van der Waals surface area (Å²) in [4.78, 5) is 7.00. The largest absolute Gasteiger partial charge is 0.357 e. The van der Waals surface area contributed by atoms with Crippen molar-refractivity contribution in [1.29, 1.82) is 0 Å². The third-order valence-corrected chi connectivity index (χ3v) is 3.74. The molecule has 0 aliphatic heterocycles. The second-order valence-corrected chi connectivity index (χ2v) is 5.11. The van der Waals surface area contributed by atoms with E-state index in [0.29, 0.717) is 12.6 Å². The maximum absolute atomic E-state index is 5.87. The van der Waals surface area contributed by atoms with Crippen molar-refractivity contribution in [1.82, 2.24) is 4.98 Å². The molecule has 2 N–H and O–H groups in total. The summed E-state index contributed by atoms with van der Waals surface area (Å²) >= 11 is 0. The molecule has 1 unspecified atom stereocenters. The molecule has 2 rings (SSSR count). The number of hydrogen-bond acceptors (Lipinski definition) is 3. The van der Waals surface area contributed by atoms with Crippen molar-refractivity contribution in [2.45, 2.75) is 39.3 Å². The number of nitrogens with zero attached hydrogens (tertiary/aromatic N) is 2. The molecule has 3 heteroatoms. The van der Waals surface area contributed by atoms with Crippen LogP contribution in [0.15, 0.2) is 30.3 Å². The zero-order valence-electron chi connectivity index (χ0n) is 12.1. The Kier molecular flexibility index (Phi) is 4.38. The van der Waals surface area contributed by atoms with Crippen molar-refractivity contribution in [3.8, 4) is 0 Å². The Morgan fingerprint density at radius 1 is 1.32 bits per heavy atom. The van der Waals surface area contributed by atoms with Crippen molar-refractivity contribution in [2.24, 2.45) is 5.73 Å². The number of fused-ring (bicyclic) bond motifs is 1. The van der Waals surface area contributed by atoms with Gasteiger partial charge in [-0.05, 0) is 31.0 Å². The predicted octanol–water partition coefficient (Wildman–Crippen LogP) is 3.32. The second-order valence-electron chi connectivity index (χ2n) is 5.11. The molecule has 102 valence electrons. The van der Waals surface area contributed by atoms with Crippen LogP contribution in [0.2, 0.25) is 0 Å². The summed E-state index contributed by atoms with van der Waals surface area (Å²) in [5.41, 5.74) is 8.06. The third kappa shape index (κ3) is 2.87. The fourth-order valence-corrected chi connectivity index (χ4v) is 2.42. The molecule has 0 saturated carbocycles. The molecule has 0 spiro atoms. The molecular formula is C16H23N3. The molecule has 1 heterocycles. The minimum Gasteiger partial charge on any atom is -0.357 e. The van der Waals surface area contributed by atoms with E-state index in [2.05, 4.69) is 44.0 Å². The van der Waals surface area contributed by atoms with Crippen LogP contribution in [-0.2, 0) is 6.54 Å². The van der Waals surface area contributed by atoms with Gasteiger partial charge in [-0.1, -0.05) is 31.5 Å². The van der Waals surface area contributed by atoms with Gasteiger partial charge in [0.15, 0.2) is 0 Å². The van der Waals surface area contributed by atoms with Crippen LogP contribution < -0.4 is 10.6 Å². The van der Waals surface area contributed by atoms with Gasteiger partial charge in [-0.3, -0.25) is 0 Å². The van der Waals surface area contributed by atoms with E-state index in [4.69, 9.17) is 10.7 Å². The third-order valence-electron chi connectivity index (χ3n) is 3.74. The van der Waals surface area contributed by atoms with Gasteiger partial charge in [0.2, 0.25) is 0 Å². The van der Waals surface area contributed by atoms with Crippen LogP contribution >= 0.6 is 0 Å². The number of hydrogen-bond donors (Lipinski definition) is 1. The zero-order valence-corrected chi connectivity index (χ0v) is 12.1. The summed E-state index contributed by atoms with van der Waals surface area (Å²) in [6, 6.07) is 10.8. The minimum absolute atomic E-state index is 0.490. The Bertz CT molecular complexity index is 551. The second kappa shape index (κ2) is 6.02. The summed E-state index contributed by atoms with van der Waals surface area (Å²) in [5.74, 6) is 1.01. The van der Waals surface area contributed by atoms with Gasteiger partial charge in [-0.2, -0.15) is 0 Å². The highest BCUT2D eigenvalue weighted by Gasteiger charge is 2.12. The lowest BCUT2D eigenvalue weighted by Gasteiger charge is -2.26. The number of aromatic nitrogens is 1. The first-order chi connectivity index (χ1) is 9.17. The maximum Gasteiger partial charge on any atom is 0.129 e. The molecule has 0 amide bonds. The molecule has 19 heavy (non-hydrogen) atoms. The Hall–Kier alpha value is -1.61. The standard InChI is InChI=1S/C16H23N3/c1-4-7-12(2)19(3)16-10-13(11-17)14-8-5-6-9-15(14)18-16/h5-6,8-10,12H,4,7,11,17H2,1-3H3. The van der Waals surface area contributed by atoms with Crippen molar-refractivity contribution in [3.63, 3.8) is 0 Å². The van der Waals surface area contributed by atoms with Gasteiger partial charge in [-0.15, -0.1) is 0 Å². The molecule has 0 aliphatic rings. The Labute approximate surface area is 115 Å². The summed E-state index contributed by atoms with van der Waals surface area (Å²) in [6.45, 7) is 5.00. The first-order valence-electron chi connectivity index (χ1n) is 6.99. The van der Waals surface area contributed by atoms with E-state index in [-0.39, 0.29) is 0 Å². The van der Waals surface area contributed by atoms with Crippen molar-refractivity contribution in [3.05, 3.63) is 35.9 Å². The van der Waals surface area contributed by atoms with Crippen molar-refractivity contribution < 1.29 is 0 Å². The summed E-state index contributed by atoms with van der Waals surface area (Å²) in [5, 5.41) is 1.16. The normalized spacial score (nSPS) is 12.6. The van der Waals surface area contributed by atoms with Gasteiger partial charge in [0.25, 0.3) is 0 Å². The number of benzene rings is 1. The highest BCUT2D eigenvalue weighted by atomic mass is 15.2. The number of pyridine rings is 1. The summed E-state index contributed by atoms with van der Waals surface area (Å²) in [6.07, 6.45) is 2.35. The molecule has 0 saturated heterocycles. The van der Waals surface area contributed by atoms with Gasteiger partial charge in [0.05, 0.1) is 5.52 Å². The summed E-state index contributed by atoms with van der Waals surface area (Å²) < 4.78 is 0. The number of rotatable bonds is 5. The van der Waals surface area contributed by atoms with Gasteiger partial charge in [-0.25, -0.2) is 4.98 Å². The van der Waals surface area contributed by atoms with Gasteiger partial charge < -0.3 is 10.6 Å². The fraction of sp³-hybridized carbons (Fsp3) is 0.438. The molecular weight excluding hydrogens is 234 g/mol. The van der Waals surface area contributed by atoms with Crippen LogP contribution in [0, 0.1) is 0 Å². The van der Waals surface area contributed by atoms with E-state index in [0.717, 1.165) is 22.3 Å². The van der Waals surface area contributed by atoms with E-state index in [1.54, 1.807) is 0 Å². The monoisotopic (exact) mass is 257 g/mol. The Balaban J connectivity index is 2.44. The molecule has 0 aliphatic carbocycles. The number of para-hydroxylation sites is 1. The lowest BCUT2D eigenvalue weighted by molar-refractivity contribution is 0.611. The average molecular weight is 257 g/mol. The predicted molar refractivity (Wildman–Crippen MR) is 82.4 cm³/mol. The van der Waals surface area contributed by atoms with Crippen LogP contribution in [0.25, 0.3) is 10.9 Å². The molecule has 1 aromatic carbocycles. The maximum atomic E-state index is 5.87. The van der Waals surface area contributed by atoms with Gasteiger partial charge in [0, 0.05) is 25.0 Å². The molecule has 0 radical (unpaired) electrons. The van der Waals surface area contributed by atoms with Crippen molar-refractivity contribution >= 4 is 16.7 Å². The van der Waals surface area contributed by atoms with Crippen LogP contribution in [0.5, 0.6) is 0 Å². The lowest BCUT2D eigenvalue weighted by atomic mass is 10.1.